The van der Waals surface area contributed by atoms with E-state index in [0.29, 0.717) is 11.6 Å². The smallest absolute Gasteiger partial charge is 0.270 e. The molecule has 2 aromatic rings. The Labute approximate surface area is 138 Å². The number of carbonyl (C=O) groups is 2. The summed E-state index contributed by atoms with van der Waals surface area (Å²) in [7, 11) is 1.89. The fourth-order valence-corrected chi connectivity index (χ4v) is 4.52. The molecule has 1 N–H and O–H groups in total. The van der Waals surface area contributed by atoms with Crippen molar-refractivity contribution >= 4 is 23.2 Å². The van der Waals surface area contributed by atoms with Gasteiger partial charge in [0.25, 0.3) is 11.8 Å². The van der Waals surface area contributed by atoms with Crippen molar-refractivity contribution in [2.75, 3.05) is 6.54 Å². The lowest BCUT2D eigenvalue weighted by molar-refractivity contribution is 0.0640. The van der Waals surface area contributed by atoms with Gasteiger partial charge in [0.1, 0.15) is 5.69 Å². The zero-order valence-corrected chi connectivity index (χ0v) is 13.8. The predicted octanol–water partition coefficient (Wildman–Crippen LogP) is 2.12. The lowest BCUT2D eigenvalue weighted by atomic mass is 10.0. The van der Waals surface area contributed by atoms with E-state index in [1.165, 1.54) is 11.3 Å². The molecule has 5 nitrogen and oxygen atoms in total. The molecule has 2 fully saturated rings. The number of hydrogen-bond donors (Lipinski definition) is 1. The van der Waals surface area contributed by atoms with Crippen molar-refractivity contribution in [1.29, 1.82) is 0 Å². The van der Waals surface area contributed by atoms with E-state index >= 15 is 0 Å². The topological polar surface area (TPSA) is 54.3 Å². The summed E-state index contributed by atoms with van der Waals surface area (Å²) in [5.41, 5.74) is 0.709. The molecular formula is C17H19N3O2S. The predicted molar refractivity (Wildman–Crippen MR) is 88.5 cm³/mol. The van der Waals surface area contributed by atoms with E-state index in [1.807, 2.05) is 52.4 Å². The lowest BCUT2D eigenvalue weighted by Gasteiger charge is -2.33. The van der Waals surface area contributed by atoms with E-state index in [2.05, 4.69) is 5.32 Å². The Morgan fingerprint density at radius 2 is 2.13 bits per heavy atom. The summed E-state index contributed by atoms with van der Waals surface area (Å²) in [6.07, 6.45) is 3.85. The van der Waals surface area contributed by atoms with Crippen molar-refractivity contribution in [3.05, 3.63) is 46.4 Å². The number of piperidine rings is 1. The number of rotatable bonds is 3. The first-order valence-electron chi connectivity index (χ1n) is 7.90. The van der Waals surface area contributed by atoms with Gasteiger partial charge in [-0.1, -0.05) is 6.07 Å². The normalized spacial score (nSPS) is 25.8. The van der Waals surface area contributed by atoms with E-state index in [-0.39, 0.29) is 23.9 Å². The van der Waals surface area contributed by atoms with Gasteiger partial charge >= 0.3 is 0 Å². The zero-order valence-electron chi connectivity index (χ0n) is 12.9. The molecule has 6 heteroatoms. The van der Waals surface area contributed by atoms with Crippen LogP contribution in [0.15, 0.2) is 35.8 Å². The number of aromatic nitrogens is 1. The number of aryl methyl sites for hydroxylation is 1. The Kier molecular flexibility index (Phi) is 3.49. The molecule has 23 heavy (non-hydrogen) atoms. The van der Waals surface area contributed by atoms with Crippen LogP contribution in [0.4, 0.5) is 0 Å². The molecule has 0 radical (unpaired) electrons. The van der Waals surface area contributed by atoms with Gasteiger partial charge in [0.05, 0.1) is 10.9 Å². The van der Waals surface area contributed by atoms with Gasteiger partial charge in [0.15, 0.2) is 0 Å². The van der Waals surface area contributed by atoms with Crippen LogP contribution in [-0.4, -0.2) is 39.9 Å². The van der Waals surface area contributed by atoms with Gasteiger partial charge in [-0.2, -0.15) is 0 Å². The summed E-state index contributed by atoms with van der Waals surface area (Å²) >= 11 is 1.45. The largest absolute Gasteiger partial charge is 0.347 e. The van der Waals surface area contributed by atoms with Gasteiger partial charge in [-0.25, -0.2) is 0 Å². The number of thiophene rings is 1. The van der Waals surface area contributed by atoms with Crippen LogP contribution in [0.25, 0.3) is 0 Å². The fourth-order valence-electron chi connectivity index (χ4n) is 3.89. The van der Waals surface area contributed by atoms with Crippen LogP contribution in [0.3, 0.4) is 0 Å². The van der Waals surface area contributed by atoms with Gasteiger partial charge in [-0.3, -0.25) is 9.59 Å². The van der Waals surface area contributed by atoms with Crippen LogP contribution >= 0.6 is 11.3 Å². The van der Waals surface area contributed by atoms with Crippen molar-refractivity contribution in [3.8, 4) is 0 Å². The van der Waals surface area contributed by atoms with Crippen LogP contribution in [-0.2, 0) is 7.05 Å². The highest BCUT2D eigenvalue weighted by Crippen LogP contribution is 2.38. The first-order chi connectivity index (χ1) is 11.1. The molecule has 1 saturated carbocycles. The van der Waals surface area contributed by atoms with Crippen molar-refractivity contribution in [3.63, 3.8) is 0 Å². The molecule has 1 aliphatic heterocycles. The number of likely N-dealkylation sites (tertiary alicyclic amines) is 1. The highest BCUT2D eigenvalue weighted by molar-refractivity contribution is 7.12. The van der Waals surface area contributed by atoms with Gasteiger partial charge in [0, 0.05) is 25.8 Å². The van der Waals surface area contributed by atoms with Crippen molar-refractivity contribution < 1.29 is 9.59 Å². The first-order valence-corrected chi connectivity index (χ1v) is 8.78. The molecule has 3 atom stereocenters. The monoisotopic (exact) mass is 329 g/mol. The molecule has 2 bridgehead atoms. The molecular weight excluding hydrogens is 310 g/mol. The minimum Gasteiger partial charge on any atom is -0.347 e. The number of fused-ring (bicyclic) bond motifs is 2. The Balaban J connectivity index is 1.49. The molecule has 2 aliphatic rings. The summed E-state index contributed by atoms with van der Waals surface area (Å²) in [5.74, 6) is 0.543. The maximum Gasteiger partial charge on any atom is 0.270 e. The van der Waals surface area contributed by atoms with Gasteiger partial charge in [-0.15, -0.1) is 11.3 Å². The van der Waals surface area contributed by atoms with Crippen molar-refractivity contribution in [2.24, 2.45) is 13.0 Å². The third-order valence-corrected chi connectivity index (χ3v) is 5.84. The highest BCUT2D eigenvalue weighted by Gasteiger charge is 2.47. The molecule has 1 aliphatic carbocycles. The quantitative estimate of drug-likeness (QED) is 0.938. The molecule has 0 unspecified atom stereocenters. The minimum atomic E-state index is -0.0242. The number of nitrogens with zero attached hydrogens (tertiary/aromatic N) is 2. The number of nitrogens with one attached hydrogen (secondary N) is 1. The van der Waals surface area contributed by atoms with Crippen LogP contribution in [0, 0.1) is 5.92 Å². The van der Waals surface area contributed by atoms with Gasteiger partial charge in [0.2, 0.25) is 0 Å². The molecule has 0 spiro atoms. The second-order valence-corrected chi connectivity index (χ2v) is 7.37. The Morgan fingerprint density at radius 3 is 2.78 bits per heavy atom. The Bertz CT molecular complexity index is 737. The second kappa shape index (κ2) is 5.53. The number of amides is 2. The van der Waals surface area contributed by atoms with E-state index in [9.17, 15) is 9.59 Å². The van der Waals surface area contributed by atoms with Crippen LogP contribution in [0.5, 0.6) is 0 Å². The minimum absolute atomic E-state index is 0.0242. The number of carbonyl (C=O) groups excluding carboxylic acids is 2. The van der Waals surface area contributed by atoms with Crippen LogP contribution < -0.4 is 5.32 Å². The fraction of sp³-hybridized carbons (Fsp3) is 0.412. The molecule has 3 heterocycles. The summed E-state index contributed by atoms with van der Waals surface area (Å²) in [4.78, 5) is 27.7. The second-order valence-electron chi connectivity index (χ2n) is 6.42. The molecule has 120 valence electrons. The summed E-state index contributed by atoms with van der Waals surface area (Å²) in [6.45, 7) is 0.806. The van der Waals surface area contributed by atoms with Crippen LogP contribution in [0.2, 0.25) is 0 Å². The zero-order chi connectivity index (χ0) is 16.0. The van der Waals surface area contributed by atoms with E-state index in [1.54, 1.807) is 0 Å². The van der Waals surface area contributed by atoms with Gasteiger partial charge < -0.3 is 14.8 Å². The third-order valence-electron chi connectivity index (χ3n) is 4.97. The molecule has 2 amide bonds. The van der Waals surface area contributed by atoms with Crippen LogP contribution in [0.1, 0.15) is 33.0 Å². The summed E-state index contributed by atoms with van der Waals surface area (Å²) in [6, 6.07) is 7.63. The van der Waals surface area contributed by atoms with Crippen molar-refractivity contribution in [1.82, 2.24) is 14.8 Å². The van der Waals surface area contributed by atoms with E-state index in [0.717, 1.165) is 24.3 Å². The first kappa shape index (κ1) is 14.5. The average Bonchev–Trinajstić information content (AvgIpc) is 3.30. The molecule has 1 saturated heterocycles. The van der Waals surface area contributed by atoms with E-state index < -0.39 is 0 Å². The van der Waals surface area contributed by atoms with E-state index in [4.69, 9.17) is 0 Å². The summed E-state index contributed by atoms with van der Waals surface area (Å²) < 4.78 is 1.85. The molecule has 0 aromatic carbocycles. The maximum absolute atomic E-state index is 12.8. The Hall–Kier alpha value is -2.08. The van der Waals surface area contributed by atoms with Crippen molar-refractivity contribution in [2.45, 2.75) is 24.9 Å². The SMILES string of the molecule is Cn1cccc1C(=O)N1C[C@@H]2C[C@H](NC(=O)c3cccs3)[C@H]1C2. The third kappa shape index (κ3) is 2.47. The molecule has 4 rings (SSSR count). The highest BCUT2D eigenvalue weighted by atomic mass is 32.1. The maximum atomic E-state index is 12.8. The number of hydrogen-bond acceptors (Lipinski definition) is 3. The molecule has 2 aromatic heterocycles. The summed E-state index contributed by atoms with van der Waals surface area (Å²) in [5, 5.41) is 5.03. The lowest BCUT2D eigenvalue weighted by Crippen LogP contribution is -2.52. The standard InChI is InChI=1S/C17H19N3O2S/c1-19-6-2-4-13(19)17(22)20-10-11-8-12(14(20)9-11)18-16(21)15-5-3-7-23-15/h2-7,11-12,14H,8-10H2,1H3,(H,18,21)/t11-,12+,14-/m1/s1. The van der Waals surface area contributed by atoms with Gasteiger partial charge in [-0.05, 0) is 42.3 Å². The average molecular weight is 329 g/mol. The Morgan fingerprint density at radius 1 is 1.26 bits per heavy atom.